The number of fused-ring (bicyclic) bond motifs is 1. The van der Waals surface area contributed by atoms with Gasteiger partial charge < -0.3 is 14.5 Å². The molecule has 1 aliphatic rings. The van der Waals surface area contributed by atoms with E-state index in [-0.39, 0.29) is 11.3 Å². The van der Waals surface area contributed by atoms with Crippen molar-refractivity contribution in [3.8, 4) is 5.75 Å². The third kappa shape index (κ3) is 4.17. The lowest BCUT2D eigenvalue weighted by molar-refractivity contribution is 0.0949. The molecule has 0 unspecified atom stereocenters. The maximum absolute atomic E-state index is 12.6. The smallest absolute Gasteiger partial charge is 0.251 e. The second-order valence-electron chi connectivity index (χ2n) is 8.35. The summed E-state index contributed by atoms with van der Waals surface area (Å²) in [5.74, 6) is 0.664. The van der Waals surface area contributed by atoms with Crippen LogP contribution in [0.5, 0.6) is 5.75 Å². The summed E-state index contributed by atoms with van der Waals surface area (Å²) in [4.78, 5) is 17.2. The molecule has 0 aliphatic heterocycles. The van der Waals surface area contributed by atoms with Crippen LogP contribution in [0.1, 0.15) is 40.0 Å². The highest BCUT2D eigenvalue weighted by atomic mass is 16.5. The summed E-state index contributed by atoms with van der Waals surface area (Å²) in [7, 11) is 0. The summed E-state index contributed by atoms with van der Waals surface area (Å²) >= 11 is 0. The van der Waals surface area contributed by atoms with Crippen LogP contribution < -0.4 is 10.1 Å². The molecule has 5 heteroatoms. The molecule has 1 amide bonds. The highest BCUT2D eigenvalue weighted by molar-refractivity contribution is 5.94. The summed E-state index contributed by atoms with van der Waals surface area (Å²) in [6.45, 7) is 3.10. The second kappa shape index (κ2) is 7.91. The number of carbonyl (C=O) groups is 1. The molecule has 1 saturated carbocycles. The van der Waals surface area contributed by atoms with Crippen molar-refractivity contribution in [2.24, 2.45) is 0 Å². The highest BCUT2D eigenvalue weighted by Gasteiger charge is 2.44. The van der Waals surface area contributed by atoms with Gasteiger partial charge in [-0.25, -0.2) is 4.98 Å². The molecule has 0 atom stereocenters. The number of imidazole rings is 1. The SMILES string of the molecule is Cc1ccc2nc(COc3ccc(C(=O)NCC4(c5ccccc5)CC4)cc3)cn2c1. The van der Waals surface area contributed by atoms with Crippen LogP contribution in [0.3, 0.4) is 0 Å². The van der Waals surface area contributed by atoms with Gasteiger partial charge in [-0.2, -0.15) is 0 Å². The van der Waals surface area contributed by atoms with E-state index in [1.54, 1.807) is 12.1 Å². The average molecular weight is 412 g/mol. The highest BCUT2D eigenvalue weighted by Crippen LogP contribution is 2.47. The predicted molar refractivity (Wildman–Crippen MR) is 120 cm³/mol. The standard InChI is InChI=1S/C26H25N3O2/c1-19-7-12-24-28-22(16-29(24)15-19)17-31-23-10-8-20(9-11-23)25(30)27-18-26(13-14-26)21-5-3-2-4-6-21/h2-12,15-16H,13-14,17-18H2,1H3,(H,27,30). The van der Waals surface area contributed by atoms with E-state index in [2.05, 4.69) is 41.5 Å². The number of amides is 1. The third-order valence-corrected chi connectivity index (χ3v) is 5.98. The number of ether oxygens (including phenoxy) is 1. The Morgan fingerprint density at radius 2 is 1.81 bits per heavy atom. The van der Waals surface area contributed by atoms with E-state index in [0.29, 0.717) is 24.5 Å². The molecule has 5 rings (SSSR count). The van der Waals surface area contributed by atoms with Crippen LogP contribution in [0, 0.1) is 6.92 Å². The lowest BCUT2D eigenvalue weighted by atomic mass is 9.96. The number of carbonyl (C=O) groups excluding carboxylic acids is 1. The Morgan fingerprint density at radius 1 is 1.03 bits per heavy atom. The van der Waals surface area contributed by atoms with E-state index in [1.807, 2.05) is 47.1 Å². The quantitative estimate of drug-likeness (QED) is 0.480. The molecule has 0 radical (unpaired) electrons. The lowest BCUT2D eigenvalue weighted by Crippen LogP contribution is -2.32. The normalized spacial score (nSPS) is 14.4. The fraction of sp³-hybridized carbons (Fsp3) is 0.231. The van der Waals surface area contributed by atoms with Gasteiger partial charge in [-0.15, -0.1) is 0 Å². The van der Waals surface area contributed by atoms with Crippen molar-refractivity contribution in [2.45, 2.75) is 31.8 Å². The van der Waals surface area contributed by atoms with Crippen LogP contribution >= 0.6 is 0 Å². The Hall–Kier alpha value is -3.60. The molecule has 2 aromatic heterocycles. The minimum absolute atomic E-state index is 0.0514. The van der Waals surface area contributed by atoms with E-state index in [4.69, 9.17) is 4.74 Å². The van der Waals surface area contributed by atoms with Crippen LogP contribution in [-0.4, -0.2) is 21.8 Å². The average Bonchev–Trinajstić information content (AvgIpc) is 3.49. The Labute approximate surface area is 181 Å². The van der Waals surface area contributed by atoms with Gasteiger partial charge >= 0.3 is 0 Å². The zero-order valence-corrected chi connectivity index (χ0v) is 17.5. The monoisotopic (exact) mass is 411 g/mol. The van der Waals surface area contributed by atoms with Gasteiger partial charge in [-0.05, 0) is 61.2 Å². The van der Waals surface area contributed by atoms with Crippen molar-refractivity contribution in [1.82, 2.24) is 14.7 Å². The summed E-state index contributed by atoms with van der Waals surface area (Å²) in [5, 5.41) is 3.10. The molecule has 2 heterocycles. The first-order chi connectivity index (χ1) is 15.1. The Bertz CT molecular complexity index is 1210. The number of pyridine rings is 1. The molecule has 156 valence electrons. The van der Waals surface area contributed by atoms with Crippen LogP contribution in [0.25, 0.3) is 5.65 Å². The minimum atomic E-state index is -0.0514. The van der Waals surface area contributed by atoms with Gasteiger partial charge in [0.25, 0.3) is 5.91 Å². The number of hydrogen-bond acceptors (Lipinski definition) is 3. The number of aryl methyl sites for hydroxylation is 1. The Morgan fingerprint density at radius 3 is 2.55 bits per heavy atom. The van der Waals surface area contributed by atoms with Gasteiger partial charge in [0.1, 0.15) is 18.0 Å². The number of nitrogens with zero attached hydrogens (tertiary/aromatic N) is 2. The molecule has 1 N–H and O–H groups in total. The predicted octanol–water partition coefficient (Wildman–Crippen LogP) is 4.68. The van der Waals surface area contributed by atoms with E-state index >= 15 is 0 Å². The third-order valence-electron chi connectivity index (χ3n) is 5.98. The summed E-state index contributed by atoms with van der Waals surface area (Å²) in [6, 6.07) is 21.8. The molecule has 0 bridgehead atoms. The van der Waals surface area contributed by atoms with Crippen molar-refractivity contribution >= 4 is 11.6 Å². The Kier molecular flexibility index (Phi) is 4.94. The van der Waals surface area contributed by atoms with Gasteiger partial charge in [0.05, 0.1) is 5.69 Å². The molecule has 5 nitrogen and oxygen atoms in total. The first-order valence-electron chi connectivity index (χ1n) is 10.6. The first kappa shape index (κ1) is 19.4. The van der Waals surface area contributed by atoms with E-state index in [1.165, 1.54) is 11.1 Å². The van der Waals surface area contributed by atoms with Gasteiger partial charge in [0.2, 0.25) is 0 Å². The molecule has 0 saturated heterocycles. The maximum Gasteiger partial charge on any atom is 0.251 e. The number of rotatable bonds is 7. The number of nitrogens with one attached hydrogen (secondary N) is 1. The molecule has 31 heavy (non-hydrogen) atoms. The van der Waals surface area contributed by atoms with E-state index in [0.717, 1.165) is 24.2 Å². The summed E-state index contributed by atoms with van der Waals surface area (Å²) in [6.07, 6.45) is 6.26. The molecule has 0 spiro atoms. The zero-order chi connectivity index (χ0) is 21.3. The lowest BCUT2D eigenvalue weighted by Gasteiger charge is -2.16. The molecule has 1 aliphatic carbocycles. The zero-order valence-electron chi connectivity index (χ0n) is 17.5. The number of benzene rings is 2. The first-order valence-corrected chi connectivity index (χ1v) is 10.6. The number of hydrogen-bond donors (Lipinski definition) is 1. The van der Waals surface area contributed by atoms with Crippen LogP contribution in [0.15, 0.2) is 79.1 Å². The molecular weight excluding hydrogens is 386 g/mol. The molecular formula is C26H25N3O2. The number of aromatic nitrogens is 2. The topological polar surface area (TPSA) is 55.6 Å². The van der Waals surface area contributed by atoms with Gasteiger partial charge in [-0.1, -0.05) is 36.4 Å². The van der Waals surface area contributed by atoms with Crippen LogP contribution in [0.2, 0.25) is 0 Å². The van der Waals surface area contributed by atoms with E-state index in [9.17, 15) is 4.79 Å². The second-order valence-corrected chi connectivity index (χ2v) is 8.35. The molecule has 1 fully saturated rings. The minimum Gasteiger partial charge on any atom is -0.487 e. The van der Waals surface area contributed by atoms with Gasteiger partial charge in [0.15, 0.2) is 0 Å². The maximum atomic E-state index is 12.6. The van der Waals surface area contributed by atoms with Gasteiger partial charge in [-0.3, -0.25) is 4.79 Å². The van der Waals surface area contributed by atoms with Crippen molar-refractivity contribution in [1.29, 1.82) is 0 Å². The van der Waals surface area contributed by atoms with Crippen LogP contribution in [0.4, 0.5) is 0 Å². The Balaban J connectivity index is 1.17. The van der Waals surface area contributed by atoms with E-state index < -0.39 is 0 Å². The van der Waals surface area contributed by atoms with Crippen molar-refractivity contribution in [2.75, 3.05) is 6.54 Å². The van der Waals surface area contributed by atoms with Gasteiger partial charge in [0, 0.05) is 29.9 Å². The summed E-state index contributed by atoms with van der Waals surface area (Å²) < 4.78 is 7.86. The van der Waals surface area contributed by atoms with Crippen molar-refractivity contribution in [3.05, 3.63) is 102 Å². The van der Waals surface area contributed by atoms with Crippen molar-refractivity contribution < 1.29 is 9.53 Å². The fourth-order valence-corrected chi connectivity index (χ4v) is 3.95. The summed E-state index contributed by atoms with van der Waals surface area (Å²) in [5.41, 5.74) is 5.00. The molecule has 4 aromatic rings. The largest absolute Gasteiger partial charge is 0.487 e. The fourth-order valence-electron chi connectivity index (χ4n) is 3.95. The van der Waals surface area contributed by atoms with Crippen LogP contribution in [-0.2, 0) is 12.0 Å². The molecule has 2 aromatic carbocycles. The van der Waals surface area contributed by atoms with Crippen molar-refractivity contribution in [3.63, 3.8) is 0 Å².